The predicted octanol–water partition coefficient (Wildman–Crippen LogP) is 2.55. The Kier molecular flexibility index (Phi) is 8.66. The summed E-state index contributed by atoms with van der Waals surface area (Å²) < 4.78 is 5.27. The minimum atomic E-state index is -1.26. The SMILES string of the molecule is C=CCN(C)CCc1c[nH]c2ccc(OC)cc12.O=C(O)/C=C/C(=O)O. The Balaban J connectivity index is 0.000000359. The highest BCUT2D eigenvalue weighted by atomic mass is 16.5. The maximum atomic E-state index is 9.55. The first kappa shape index (κ1) is 21.0. The molecule has 0 saturated carbocycles. The van der Waals surface area contributed by atoms with E-state index in [-0.39, 0.29) is 0 Å². The van der Waals surface area contributed by atoms with Gasteiger partial charge in [0.25, 0.3) is 0 Å². The minimum Gasteiger partial charge on any atom is -0.497 e. The van der Waals surface area contributed by atoms with Gasteiger partial charge < -0.3 is 24.8 Å². The molecule has 140 valence electrons. The van der Waals surface area contributed by atoms with E-state index < -0.39 is 11.9 Å². The van der Waals surface area contributed by atoms with E-state index in [0.717, 1.165) is 30.8 Å². The second-order valence-electron chi connectivity index (χ2n) is 5.54. The number of rotatable bonds is 8. The molecule has 0 amide bonds. The smallest absolute Gasteiger partial charge is 0.328 e. The summed E-state index contributed by atoms with van der Waals surface area (Å²) in [5, 5.41) is 16.9. The summed E-state index contributed by atoms with van der Waals surface area (Å²) in [6.07, 6.45) is 6.16. The van der Waals surface area contributed by atoms with Crippen molar-refractivity contribution in [1.29, 1.82) is 0 Å². The summed E-state index contributed by atoms with van der Waals surface area (Å²) in [5.74, 6) is -1.61. The highest BCUT2D eigenvalue weighted by molar-refractivity contribution is 5.89. The molecule has 26 heavy (non-hydrogen) atoms. The molecular formula is C19H24N2O5. The molecule has 2 rings (SSSR count). The molecule has 3 N–H and O–H groups in total. The van der Waals surface area contributed by atoms with Gasteiger partial charge in [0.05, 0.1) is 7.11 Å². The lowest BCUT2D eigenvalue weighted by Gasteiger charge is -2.13. The van der Waals surface area contributed by atoms with Crippen LogP contribution in [0.4, 0.5) is 0 Å². The van der Waals surface area contributed by atoms with Gasteiger partial charge >= 0.3 is 11.9 Å². The van der Waals surface area contributed by atoms with E-state index in [1.54, 1.807) is 7.11 Å². The van der Waals surface area contributed by atoms with Crippen LogP contribution in [0.2, 0.25) is 0 Å². The van der Waals surface area contributed by atoms with Gasteiger partial charge in [-0.2, -0.15) is 0 Å². The van der Waals surface area contributed by atoms with Crippen LogP contribution in [0.25, 0.3) is 10.9 Å². The summed E-state index contributed by atoms with van der Waals surface area (Å²) in [4.78, 5) is 24.7. The molecular weight excluding hydrogens is 336 g/mol. The van der Waals surface area contributed by atoms with Crippen LogP contribution < -0.4 is 4.74 Å². The molecule has 0 aliphatic rings. The van der Waals surface area contributed by atoms with E-state index in [0.29, 0.717) is 12.2 Å². The van der Waals surface area contributed by atoms with E-state index in [1.165, 1.54) is 10.9 Å². The van der Waals surface area contributed by atoms with Crippen LogP contribution in [0.1, 0.15) is 5.56 Å². The van der Waals surface area contributed by atoms with E-state index in [9.17, 15) is 9.59 Å². The molecule has 0 bridgehead atoms. The Morgan fingerprint density at radius 1 is 1.27 bits per heavy atom. The number of aromatic amines is 1. The Morgan fingerprint density at radius 3 is 2.46 bits per heavy atom. The fourth-order valence-corrected chi connectivity index (χ4v) is 2.26. The summed E-state index contributed by atoms with van der Waals surface area (Å²) in [5.41, 5.74) is 2.50. The molecule has 1 aromatic carbocycles. The third-order valence-corrected chi connectivity index (χ3v) is 3.55. The zero-order valence-electron chi connectivity index (χ0n) is 14.9. The zero-order valence-corrected chi connectivity index (χ0v) is 14.9. The summed E-state index contributed by atoms with van der Waals surface area (Å²) >= 11 is 0. The zero-order chi connectivity index (χ0) is 19.5. The number of aromatic nitrogens is 1. The van der Waals surface area contributed by atoms with E-state index >= 15 is 0 Å². The number of fused-ring (bicyclic) bond motifs is 1. The lowest BCUT2D eigenvalue weighted by Crippen LogP contribution is -2.20. The Bertz CT molecular complexity index is 763. The lowest BCUT2D eigenvalue weighted by atomic mass is 10.1. The number of ether oxygens (including phenoxy) is 1. The highest BCUT2D eigenvalue weighted by Gasteiger charge is 2.06. The molecule has 0 aliphatic carbocycles. The van der Waals surface area contributed by atoms with Crippen molar-refractivity contribution in [3.8, 4) is 5.75 Å². The monoisotopic (exact) mass is 360 g/mol. The topological polar surface area (TPSA) is 103 Å². The lowest BCUT2D eigenvalue weighted by molar-refractivity contribution is -0.134. The number of carboxylic acid groups (broad SMARTS) is 2. The Morgan fingerprint density at radius 2 is 1.92 bits per heavy atom. The first-order valence-corrected chi connectivity index (χ1v) is 7.94. The molecule has 0 saturated heterocycles. The fourth-order valence-electron chi connectivity index (χ4n) is 2.26. The van der Waals surface area contributed by atoms with Crippen molar-refractivity contribution in [3.63, 3.8) is 0 Å². The van der Waals surface area contributed by atoms with Crippen LogP contribution in [-0.2, 0) is 16.0 Å². The number of benzene rings is 1. The standard InChI is InChI=1S/C15H20N2O.C4H4O4/c1-4-8-17(2)9-7-12-11-16-15-6-5-13(18-3)10-14(12)15;5-3(6)1-2-4(7)8/h4-6,10-11,16H,1,7-9H2,2-3H3;1-2H,(H,5,6)(H,7,8)/b;2-1+. The predicted molar refractivity (Wildman–Crippen MR) is 101 cm³/mol. The van der Waals surface area contributed by atoms with Gasteiger partial charge in [0.1, 0.15) is 5.75 Å². The van der Waals surface area contributed by atoms with Crippen molar-refractivity contribution in [2.75, 3.05) is 27.2 Å². The van der Waals surface area contributed by atoms with Crippen LogP contribution in [0.15, 0.2) is 49.2 Å². The van der Waals surface area contributed by atoms with E-state index in [1.807, 2.05) is 12.1 Å². The maximum Gasteiger partial charge on any atom is 0.328 e. The van der Waals surface area contributed by atoms with Gasteiger partial charge in [-0.1, -0.05) is 6.08 Å². The van der Waals surface area contributed by atoms with E-state index in [2.05, 4.69) is 41.8 Å². The van der Waals surface area contributed by atoms with Gasteiger partial charge in [-0.05, 0) is 37.2 Å². The van der Waals surface area contributed by atoms with Crippen molar-refractivity contribution in [2.45, 2.75) is 6.42 Å². The number of nitrogens with one attached hydrogen (secondary N) is 1. The van der Waals surface area contributed by atoms with Crippen LogP contribution in [0.3, 0.4) is 0 Å². The number of aliphatic carboxylic acids is 2. The van der Waals surface area contributed by atoms with Gasteiger partial charge in [-0.15, -0.1) is 6.58 Å². The number of carboxylic acids is 2. The van der Waals surface area contributed by atoms with Crippen molar-refractivity contribution >= 4 is 22.8 Å². The Labute approximate surface area is 152 Å². The van der Waals surface area contributed by atoms with Gasteiger partial charge in [0.2, 0.25) is 0 Å². The van der Waals surface area contributed by atoms with Gasteiger partial charge in [-0.3, -0.25) is 0 Å². The highest BCUT2D eigenvalue weighted by Crippen LogP contribution is 2.23. The molecule has 7 nitrogen and oxygen atoms in total. The summed E-state index contributed by atoms with van der Waals surface area (Å²) in [6.45, 7) is 5.70. The van der Waals surface area contributed by atoms with Gasteiger partial charge in [0.15, 0.2) is 0 Å². The third-order valence-electron chi connectivity index (χ3n) is 3.55. The number of likely N-dealkylation sites (N-methyl/N-ethyl adjacent to an activating group) is 1. The van der Waals surface area contributed by atoms with Gasteiger partial charge in [0, 0.05) is 42.3 Å². The Hall–Kier alpha value is -3.06. The molecule has 0 aliphatic heterocycles. The molecule has 1 heterocycles. The largest absolute Gasteiger partial charge is 0.497 e. The molecule has 0 spiro atoms. The van der Waals surface area contributed by atoms with Crippen LogP contribution in [-0.4, -0.2) is 59.3 Å². The first-order valence-electron chi connectivity index (χ1n) is 7.94. The van der Waals surface area contributed by atoms with Crippen molar-refractivity contribution in [1.82, 2.24) is 9.88 Å². The van der Waals surface area contributed by atoms with Crippen LogP contribution in [0.5, 0.6) is 5.75 Å². The van der Waals surface area contributed by atoms with Crippen LogP contribution in [0, 0.1) is 0 Å². The average Bonchev–Trinajstić information content (AvgIpc) is 3.01. The molecule has 0 fully saturated rings. The molecule has 0 radical (unpaired) electrons. The normalized spacial score (nSPS) is 10.6. The van der Waals surface area contributed by atoms with E-state index in [4.69, 9.17) is 14.9 Å². The number of H-pyrrole nitrogens is 1. The maximum absolute atomic E-state index is 9.55. The molecule has 0 unspecified atom stereocenters. The first-order chi connectivity index (χ1) is 12.4. The number of carbonyl (C=O) groups is 2. The van der Waals surface area contributed by atoms with Gasteiger partial charge in [-0.25, -0.2) is 9.59 Å². The van der Waals surface area contributed by atoms with Crippen LogP contribution >= 0.6 is 0 Å². The molecule has 0 atom stereocenters. The second kappa shape index (κ2) is 10.7. The molecule has 7 heteroatoms. The summed E-state index contributed by atoms with van der Waals surface area (Å²) in [6, 6.07) is 6.13. The average molecular weight is 360 g/mol. The minimum absolute atomic E-state index is 0.558. The van der Waals surface area contributed by atoms with Crippen molar-refractivity contribution < 1.29 is 24.5 Å². The quantitative estimate of drug-likeness (QED) is 0.494. The van der Waals surface area contributed by atoms with Crippen molar-refractivity contribution in [3.05, 3.63) is 54.8 Å². The van der Waals surface area contributed by atoms with Crippen molar-refractivity contribution in [2.24, 2.45) is 0 Å². The number of nitrogens with zero attached hydrogens (tertiary/aromatic N) is 1. The third kappa shape index (κ3) is 7.23. The fraction of sp³-hybridized carbons (Fsp3) is 0.263. The number of methoxy groups -OCH3 is 1. The molecule has 2 aromatic rings. The summed E-state index contributed by atoms with van der Waals surface area (Å²) in [7, 11) is 3.81. The molecule has 1 aromatic heterocycles. The number of hydrogen-bond donors (Lipinski definition) is 3. The second-order valence-corrected chi connectivity index (χ2v) is 5.54. The number of hydrogen-bond acceptors (Lipinski definition) is 4.